The quantitative estimate of drug-likeness (QED) is 0.886. The number of para-hydroxylation sites is 1. The van der Waals surface area contributed by atoms with Crippen molar-refractivity contribution in [2.75, 3.05) is 18.0 Å². The van der Waals surface area contributed by atoms with Gasteiger partial charge in [0, 0.05) is 30.9 Å². The fraction of sp³-hybridized carbons (Fsp3) is 0.684. The van der Waals surface area contributed by atoms with Gasteiger partial charge in [0.15, 0.2) is 0 Å². The number of nitrogens with zero attached hydrogens (tertiary/aromatic N) is 1. The zero-order valence-corrected chi connectivity index (χ0v) is 14.6. The van der Waals surface area contributed by atoms with Crippen molar-refractivity contribution in [2.24, 2.45) is 5.41 Å². The van der Waals surface area contributed by atoms with Gasteiger partial charge >= 0.3 is 0 Å². The fourth-order valence-electron chi connectivity index (χ4n) is 3.28. The van der Waals surface area contributed by atoms with Gasteiger partial charge in [0.1, 0.15) is 0 Å². The molecule has 2 rings (SSSR count). The number of anilines is 1. The second-order valence-corrected chi connectivity index (χ2v) is 7.75. The van der Waals surface area contributed by atoms with E-state index in [9.17, 15) is 0 Å². The van der Waals surface area contributed by atoms with E-state index in [1.165, 1.54) is 17.7 Å². The Bertz CT molecular complexity index is 459. The zero-order chi connectivity index (χ0) is 15.6. The largest absolute Gasteiger partial charge is 0.365 e. The first-order chi connectivity index (χ1) is 9.84. The van der Waals surface area contributed by atoms with Gasteiger partial charge in [-0.1, -0.05) is 59.7 Å². The van der Waals surface area contributed by atoms with Crippen molar-refractivity contribution >= 4 is 5.69 Å². The van der Waals surface area contributed by atoms with E-state index in [1.807, 2.05) is 0 Å². The van der Waals surface area contributed by atoms with E-state index in [4.69, 9.17) is 0 Å². The Labute approximate surface area is 130 Å². The summed E-state index contributed by atoms with van der Waals surface area (Å²) in [6.07, 6.45) is 1.19. The van der Waals surface area contributed by atoms with Gasteiger partial charge < -0.3 is 10.2 Å². The minimum atomic E-state index is 0.295. The summed E-state index contributed by atoms with van der Waals surface area (Å²) >= 11 is 0. The molecule has 0 aromatic heterocycles. The molecule has 2 atom stereocenters. The number of piperazine rings is 1. The second-order valence-electron chi connectivity index (χ2n) is 7.75. The van der Waals surface area contributed by atoms with E-state index < -0.39 is 0 Å². The van der Waals surface area contributed by atoms with Crippen LogP contribution in [0.3, 0.4) is 0 Å². The van der Waals surface area contributed by atoms with Crippen LogP contribution in [0.15, 0.2) is 24.3 Å². The molecular weight excluding hydrogens is 256 g/mol. The smallest absolute Gasteiger partial charge is 0.0412 e. The Morgan fingerprint density at radius 2 is 1.90 bits per heavy atom. The normalized spacial score (nSPS) is 23.7. The SMILES string of the molecule is CCC1CNC(C(C)(C)C)CN1c1ccccc1C(C)C. The van der Waals surface area contributed by atoms with Crippen molar-refractivity contribution in [3.63, 3.8) is 0 Å². The van der Waals surface area contributed by atoms with Crippen molar-refractivity contribution in [2.45, 2.75) is 66.0 Å². The first-order valence-corrected chi connectivity index (χ1v) is 8.43. The van der Waals surface area contributed by atoms with Crippen molar-refractivity contribution < 1.29 is 0 Å². The van der Waals surface area contributed by atoms with Gasteiger partial charge in [0.25, 0.3) is 0 Å². The molecule has 0 radical (unpaired) electrons. The van der Waals surface area contributed by atoms with Gasteiger partial charge in [-0.3, -0.25) is 0 Å². The predicted molar refractivity (Wildman–Crippen MR) is 93.2 cm³/mol. The highest BCUT2D eigenvalue weighted by Gasteiger charge is 2.34. The van der Waals surface area contributed by atoms with Crippen LogP contribution in [0.1, 0.15) is 59.4 Å². The zero-order valence-electron chi connectivity index (χ0n) is 14.6. The molecule has 2 heteroatoms. The number of benzene rings is 1. The molecule has 1 aromatic rings. The molecule has 21 heavy (non-hydrogen) atoms. The third-order valence-corrected chi connectivity index (χ3v) is 4.80. The molecule has 0 saturated carbocycles. The topological polar surface area (TPSA) is 15.3 Å². The molecule has 0 bridgehead atoms. The molecule has 0 amide bonds. The van der Waals surface area contributed by atoms with E-state index in [0.29, 0.717) is 23.4 Å². The van der Waals surface area contributed by atoms with Crippen molar-refractivity contribution in [1.82, 2.24) is 5.32 Å². The van der Waals surface area contributed by atoms with Crippen molar-refractivity contribution in [1.29, 1.82) is 0 Å². The van der Waals surface area contributed by atoms with Crippen LogP contribution in [0.4, 0.5) is 5.69 Å². The maximum absolute atomic E-state index is 3.77. The Balaban J connectivity index is 2.34. The molecule has 2 nitrogen and oxygen atoms in total. The number of nitrogens with one attached hydrogen (secondary N) is 1. The molecule has 1 N–H and O–H groups in total. The molecule has 1 saturated heterocycles. The lowest BCUT2D eigenvalue weighted by atomic mass is 9.84. The molecule has 0 spiro atoms. The highest BCUT2D eigenvalue weighted by Crippen LogP contribution is 2.33. The maximum atomic E-state index is 3.77. The third-order valence-electron chi connectivity index (χ3n) is 4.80. The van der Waals surface area contributed by atoms with Crippen LogP contribution >= 0.6 is 0 Å². The maximum Gasteiger partial charge on any atom is 0.0412 e. The highest BCUT2D eigenvalue weighted by atomic mass is 15.2. The monoisotopic (exact) mass is 288 g/mol. The van der Waals surface area contributed by atoms with Crippen molar-refractivity contribution in [3.05, 3.63) is 29.8 Å². The van der Waals surface area contributed by atoms with E-state index in [0.717, 1.165) is 13.1 Å². The van der Waals surface area contributed by atoms with Gasteiger partial charge in [-0.2, -0.15) is 0 Å². The predicted octanol–water partition coefficient (Wildman–Crippen LogP) is 4.41. The van der Waals surface area contributed by atoms with Gasteiger partial charge in [0.2, 0.25) is 0 Å². The first kappa shape index (κ1) is 16.4. The number of hydrogen-bond donors (Lipinski definition) is 1. The average molecular weight is 288 g/mol. The summed E-state index contributed by atoms with van der Waals surface area (Å²) in [5.74, 6) is 0.571. The average Bonchev–Trinajstić information content (AvgIpc) is 2.45. The minimum absolute atomic E-state index is 0.295. The van der Waals surface area contributed by atoms with E-state index in [-0.39, 0.29) is 0 Å². The Morgan fingerprint density at radius 1 is 1.24 bits per heavy atom. The summed E-state index contributed by atoms with van der Waals surface area (Å²) < 4.78 is 0. The Morgan fingerprint density at radius 3 is 2.48 bits per heavy atom. The molecule has 118 valence electrons. The molecule has 1 heterocycles. The first-order valence-electron chi connectivity index (χ1n) is 8.43. The number of hydrogen-bond acceptors (Lipinski definition) is 2. The minimum Gasteiger partial charge on any atom is -0.365 e. The summed E-state index contributed by atoms with van der Waals surface area (Å²) in [5, 5.41) is 3.77. The molecule has 1 aliphatic heterocycles. The number of rotatable bonds is 3. The summed E-state index contributed by atoms with van der Waals surface area (Å²) in [5.41, 5.74) is 3.21. The lowest BCUT2D eigenvalue weighted by molar-refractivity contribution is 0.233. The van der Waals surface area contributed by atoms with Crippen LogP contribution in [-0.4, -0.2) is 25.2 Å². The lowest BCUT2D eigenvalue weighted by Gasteiger charge is -2.46. The molecule has 1 aliphatic rings. The third kappa shape index (κ3) is 3.60. The summed E-state index contributed by atoms with van der Waals surface area (Å²) in [7, 11) is 0. The fourth-order valence-corrected chi connectivity index (χ4v) is 3.28. The molecule has 2 unspecified atom stereocenters. The van der Waals surface area contributed by atoms with E-state index in [1.54, 1.807) is 0 Å². The summed E-state index contributed by atoms with van der Waals surface area (Å²) in [6, 6.07) is 10.1. The highest BCUT2D eigenvalue weighted by molar-refractivity contribution is 5.56. The molecule has 0 aliphatic carbocycles. The van der Waals surface area contributed by atoms with Crippen molar-refractivity contribution in [3.8, 4) is 0 Å². The van der Waals surface area contributed by atoms with Crippen LogP contribution in [0.5, 0.6) is 0 Å². The van der Waals surface area contributed by atoms with Gasteiger partial charge in [0.05, 0.1) is 0 Å². The molecular formula is C19H32N2. The standard InChI is InChI=1S/C19H32N2/c1-7-15-12-20-18(19(4,5)6)13-21(15)17-11-9-8-10-16(17)14(2)3/h8-11,14-15,18,20H,7,12-13H2,1-6H3. The van der Waals surface area contributed by atoms with Crippen LogP contribution in [0, 0.1) is 5.41 Å². The van der Waals surface area contributed by atoms with Crippen LogP contribution in [-0.2, 0) is 0 Å². The Kier molecular flexibility index (Phi) is 4.98. The summed E-state index contributed by atoms with van der Waals surface area (Å²) in [4.78, 5) is 2.65. The molecule has 1 fully saturated rings. The van der Waals surface area contributed by atoms with Gasteiger partial charge in [-0.15, -0.1) is 0 Å². The Hall–Kier alpha value is -1.02. The van der Waals surface area contributed by atoms with Crippen LogP contribution < -0.4 is 10.2 Å². The van der Waals surface area contributed by atoms with E-state index in [2.05, 4.69) is 76.0 Å². The second kappa shape index (κ2) is 6.39. The summed E-state index contributed by atoms with van der Waals surface area (Å²) in [6.45, 7) is 16.1. The van der Waals surface area contributed by atoms with Crippen LogP contribution in [0.25, 0.3) is 0 Å². The van der Waals surface area contributed by atoms with E-state index >= 15 is 0 Å². The lowest BCUT2D eigenvalue weighted by Crippen LogP contribution is -2.60. The molecule has 1 aromatic carbocycles. The van der Waals surface area contributed by atoms with Gasteiger partial charge in [-0.05, 0) is 29.4 Å². The van der Waals surface area contributed by atoms with Gasteiger partial charge in [-0.25, -0.2) is 0 Å². The van der Waals surface area contributed by atoms with Crippen LogP contribution in [0.2, 0.25) is 0 Å².